The molecule has 51 valence electrons. The number of hydrogen-bond acceptors (Lipinski definition) is 2. The molecule has 0 aliphatic heterocycles. The Morgan fingerprint density at radius 1 is 1.78 bits per heavy atom. The number of rotatable bonds is 2. The van der Waals surface area contributed by atoms with Crippen LogP contribution in [0, 0.1) is 5.92 Å². The van der Waals surface area contributed by atoms with Crippen molar-refractivity contribution in [3.63, 3.8) is 0 Å². The maximum absolute atomic E-state index is 10.4. The first kappa shape index (κ1) is 6.39. The highest BCUT2D eigenvalue weighted by molar-refractivity contribution is 5.66. The van der Waals surface area contributed by atoms with E-state index in [1.165, 1.54) is 19.9 Å². The van der Waals surface area contributed by atoms with Gasteiger partial charge in [0, 0.05) is 7.05 Å². The van der Waals surface area contributed by atoms with Gasteiger partial charge in [-0.15, -0.1) is 0 Å². The third-order valence-corrected chi connectivity index (χ3v) is 1.32. The molecule has 0 aromatic carbocycles. The van der Waals surface area contributed by atoms with Gasteiger partial charge in [0.05, 0.1) is 6.61 Å². The summed E-state index contributed by atoms with van der Waals surface area (Å²) < 4.78 is 4.71. The fourth-order valence-corrected chi connectivity index (χ4v) is 0.538. The third kappa shape index (κ3) is 2.35. The molecule has 1 radical (unpaired) electrons. The fourth-order valence-electron chi connectivity index (χ4n) is 0.538. The van der Waals surface area contributed by atoms with Crippen molar-refractivity contribution in [2.45, 2.75) is 12.8 Å². The molecule has 0 N–H and O–H groups in total. The van der Waals surface area contributed by atoms with Gasteiger partial charge in [-0.1, -0.05) is 0 Å². The molecule has 0 spiro atoms. The first-order chi connectivity index (χ1) is 4.33. The second-order valence-corrected chi connectivity index (χ2v) is 2.24. The molecule has 1 aliphatic rings. The van der Waals surface area contributed by atoms with Crippen LogP contribution in [-0.2, 0) is 4.74 Å². The SMILES string of the molecule is C[N]C(=O)OCC1CC1. The van der Waals surface area contributed by atoms with Gasteiger partial charge in [-0.05, 0) is 18.8 Å². The Balaban J connectivity index is 1.96. The van der Waals surface area contributed by atoms with E-state index in [1.807, 2.05) is 0 Å². The Morgan fingerprint density at radius 3 is 2.89 bits per heavy atom. The van der Waals surface area contributed by atoms with Crippen LogP contribution in [-0.4, -0.2) is 19.7 Å². The number of carbonyl (C=O) groups is 1. The molecule has 0 heterocycles. The second kappa shape index (κ2) is 2.71. The van der Waals surface area contributed by atoms with Crippen LogP contribution in [0.3, 0.4) is 0 Å². The van der Waals surface area contributed by atoms with E-state index in [0.717, 1.165) is 0 Å². The minimum absolute atomic E-state index is 0.443. The van der Waals surface area contributed by atoms with Gasteiger partial charge in [0.25, 0.3) is 0 Å². The van der Waals surface area contributed by atoms with Gasteiger partial charge in [0.1, 0.15) is 0 Å². The normalized spacial score (nSPS) is 17.0. The molecular formula is C6H10NO2. The quantitative estimate of drug-likeness (QED) is 0.551. The highest BCUT2D eigenvalue weighted by atomic mass is 16.5. The Kier molecular flexibility index (Phi) is 1.92. The van der Waals surface area contributed by atoms with Gasteiger partial charge in [0.2, 0.25) is 0 Å². The van der Waals surface area contributed by atoms with E-state index in [-0.39, 0.29) is 0 Å². The smallest absolute Gasteiger partial charge is 0.428 e. The average Bonchev–Trinajstić information content (AvgIpc) is 2.65. The summed E-state index contributed by atoms with van der Waals surface area (Å²) >= 11 is 0. The molecule has 1 fully saturated rings. The first-order valence-electron chi connectivity index (χ1n) is 3.09. The summed E-state index contributed by atoms with van der Waals surface area (Å²) in [4.78, 5) is 10.4. The van der Waals surface area contributed by atoms with Gasteiger partial charge in [-0.3, -0.25) is 0 Å². The van der Waals surface area contributed by atoms with Gasteiger partial charge in [-0.25, -0.2) is 10.1 Å². The minimum atomic E-state index is -0.443. The van der Waals surface area contributed by atoms with Crippen LogP contribution in [0.15, 0.2) is 0 Å². The minimum Gasteiger partial charge on any atom is -0.448 e. The van der Waals surface area contributed by atoms with Crippen LogP contribution in [0.5, 0.6) is 0 Å². The number of nitrogens with zero attached hydrogens (tertiary/aromatic N) is 1. The van der Waals surface area contributed by atoms with E-state index in [0.29, 0.717) is 12.5 Å². The van der Waals surface area contributed by atoms with Gasteiger partial charge in [-0.2, -0.15) is 0 Å². The molecule has 0 aromatic rings. The topological polar surface area (TPSA) is 40.4 Å². The summed E-state index contributed by atoms with van der Waals surface area (Å²) in [6.45, 7) is 0.566. The molecule has 0 atom stereocenters. The van der Waals surface area contributed by atoms with Crippen molar-refractivity contribution in [1.29, 1.82) is 0 Å². The van der Waals surface area contributed by atoms with Crippen LogP contribution in [0.4, 0.5) is 4.79 Å². The average molecular weight is 128 g/mol. The van der Waals surface area contributed by atoms with Crippen LogP contribution >= 0.6 is 0 Å². The number of amides is 1. The lowest BCUT2D eigenvalue weighted by Crippen LogP contribution is -2.13. The van der Waals surface area contributed by atoms with E-state index in [4.69, 9.17) is 4.74 Å². The van der Waals surface area contributed by atoms with E-state index >= 15 is 0 Å². The van der Waals surface area contributed by atoms with Crippen LogP contribution < -0.4 is 5.32 Å². The van der Waals surface area contributed by atoms with Gasteiger partial charge >= 0.3 is 6.09 Å². The van der Waals surface area contributed by atoms with Crippen molar-refractivity contribution < 1.29 is 9.53 Å². The molecular weight excluding hydrogens is 118 g/mol. The van der Waals surface area contributed by atoms with Crippen LogP contribution in [0.1, 0.15) is 12.8 Å². The Bertz CT molecular complexity index is 110. The molecule has 0 unspecified atom stereocenters. The van der Waals surface area contributed by atoms with Crippen molar-refractivity contribution in [2.75, 3.05) is 13.7 Å². The number of ether oxygens (including phenoxy) is 1. The predicted molar refractivity (Wildman–Crippen MR) is 32.1 cm³/mol. The summed E-state index contributed by atoms with van der Waals surface area (Å²) in [5.74, 6) is 0.635. The van der Waals surface area contributed by atoms with E-state index < -0.39 is 6.09 Å². The van der Waals surface area contributed by atoms with Crippen molar-refractivity contribution in [3.8, 4) is 0 Å². The first-order valence-corrected chi connectivity index (χ1v) is 3.09. The largest absolute Gasteiger partial charge is 0.448 e. The van der Waals surface area contributed by atoms with Crippen molar-refractivity contribution in [3.05, 3.63) is 0 Å². The molecule has 0 aromatic heterocycles. The highest BCUT2D eigenvalue weighted by Crippen LogP contribution is 2.28. The predicted octanol–water partition coefficient (Wildman–Crippen LogP) is 0.767. The summed E-state index contributed by atoms with van der Waals surface area (Å²) in [5, 5.41) is 3.33. The standard InChI is InChI=1S/C6H10NO2/c1-7-6(8)9-4-5-2-3-5/h5H,2-4H2,1H3. The number of carbonyl (C=O) groups excluding carboxylic acids is 1. The summed E-state index contributed by atoms with van der Waals surface area (Å²) in [7, 11) is 1.44. The zero-order valence-corrected chi connectivity index (χ0v) is 5.46. The Labute approximate surface area is 54.4 Å². The molecule has 3 heteroatoms. The van der Waals surface area contributed by atoms with E-state index in [9.17, 15) is 4.79 Å². The maximum atomic E-state index is 10.4. The van der Waals surface area contributed by atoms with Gasteiger partial charge in [0.15, 0.2) is 0 Å². The van der Waals surface area contributed by atoms with Crippen molar-refractivity contribution >= 4 is 6.09 Å². The Morgan fingerprint density at radius 2 is 2.44 bits per heavy atom. The lowest BCUT2D eigenvalue weighted by atomic mass is 10.5. The molecule has 1 aliphatic carbocycles. The Hall–Kier alpha value is -0.730. The third-order valence-electron chi connectivity index (χ3n) is 1.32. The van der Waals surface area contributed by atoms with Crippen LogP contribution in [0.2, 0.25) is 0 Å². The second-order valence-electron chi connectivity index (χ2n) is 2.24. The summed E-state index contributed by atoms with van der Waals surface area (Å²) in [6.07, 6.45) is 1.97. The summed E-state index contributed by atoms with van der Waals surface area (Å²) in [6, 6.07) is 0. The highest BCUT2D eigenvalue weighted by Gasteiger charge is 2.22. The molecule has 0 saturated heterocycles. The van der Waals surface area contributed by atoms with Crippen molar-refractivity contribution in [2.24, 2.45) is 5.92 Å². The zero-order chi connectivity index (χ0) is 6.69. The fraction of sp³-hybridized carbons (Fsp3) is 0.833. The lowest BCUT2D eigenvalue weighted by molar-refractivity contribution is 0.142. The van der Waals surface area contributed by atoms with Gasteiger partial charge < -0.3 is 4.74 Å². The lowest BCUT2D eigenvalue weighted by Gasteiger charge is -1.97. The molecule has 1 rings (SSSR count). The maximum Gasteiger partial charge on any atom is 0.428 e. The number of hydrogen-bond donors (Lipinski definition) is 0. The van der Waals surface area contributed by atoms with Crippen molar-refractivity contribution in [1.82, 2.24) is 5.32 Å². The monoisotopic (exact) mass is 128 g/mol. The molecule has 1 saturated carbocycles. The molecule has 0 bridgehead atoms. The van der Waals surface area contributed by atoms with E-state index in [2.05, 4.69) is 5.32 Å². The van der Waals surface area contributed by atoms with E-state index in [1.54, 1.807) is 0 Å². The summed E-state index contributed by atoms with van der Waals surface area (Å²) in [5.41, 5.74) is 0. The molecule has 9 heavy (non-hydrogen) atoms. The molecule has 3 nitrogen and oxygen atoms in total. The van der Waals surface area contributed by atoms with Crippen LogP contribution in [0.25, 0.3) is 0 Å². The molecule has 1 amide bonds. The zero-order valence-electron chi connectivity index (χ0n) is 5.46.